The third-order valence-corrected chi connectivity index (χ3v) is 4.26. The van der Waals surface area contributed by atoms with Gasteiger partial charge < -0.3 is 5.32 Å². The van der Waals surface area contributed by atoms with Gasteiger partial charge in [-0.25, -0.2) is 0 Å². The van der Waals surface area contributed by atoms with Crippen molar-refractivity contribution in [2.75, 3.05) is 5.32 Å². The lowest BCUT2D eigenvalue weighted by Crippen LogP contribution is -2.13. The maximum absolute atomic E-state index is 4.38. The predicted octanol–water partition coefficient (Wildman–Crippen LogP) is 2.78. The fourth-order valence-corrected chi connectivity index (χ4v) is 3.10. The van der Waals surface area contributed by atoms with Crippen molar-refractivity contribution in [3.05, 3.63) is 70.4 Å². The van der Waals surface area contributed by atoms with Crippen LogP contribution in [0.3, 0.4) is 0 Å². The second kappa shape index (κ2) is 5.53. The summed E-state index contributed by atoms with van der Waals surface area (Å²) in [6, 6.07) is 18.2. The molecular formula is C15H12N6S. The summed E-state index contributed by atoms with van der Waals surface area (Å²) in [7, 11) is 0. The SMILES string of the molecule is c1ccc(C(Nc2ccc3nnnn3n2)c2cccs2)cc1. The number of benzene rings is 1. The van der Waals surface area contributed by atoms with Crippen LogP contribution in [-0.4, -0.2) is 25.3 Å². The number of aromatic nitrogens is 5. The summed E-state index contributed by atoms with van der Waals surface area (Å²) in [5.41, 5.74) is 1.81. The van der Waals surface area contributed by atoms with Crippen LogP contribution in [0.15, 0.2) is 60.0 Å². The summed E-state index contributed by atoms with van der Waals surface area (Å²) in [5.74, 6) is 0.724. The average Bonchev–Trinajstić information content (AvgIpc) is 3.24. The highest BCUT2D eigenvalue weighted by Gasteiger charge is 2.15. The first kappa shape index (κ1) is 12.9. The largest absolute Gasteiger partial charge is 0.357 e. The van der Waals surface area contributed by atoms with Crippen molar-refractivity contribution in [1.29, 1.82) is 0 Å². The molecule has 0 aliphatic heterocycles. The Bertz CT molecular complexity index is 871. The van der Waals surface area contributed by atoms with Gasteiger partial charge in [-0.1, -0.05) is 36.4 Å². The van der Waals surface area contributed by atoms with Crippen LogP contribution in [0.2, 0.25) is 0 Å². The lowest BCUT2D eigenvalue weighted by atomic mass is 10.1. The van der Waals surface area contributed by atoms with Gasteiger partial charge in [-0.15, -0.1) is 26.2 Å². The highest BCUT2D eigenvalue weighted by atomic mass is 32.1. The van der Waals surface area contributed by atoms with E-state index < -0.39 is 0 Å². The molecule has 0 aliphatic carbocycles. The second-order valence-corrected chi connectivity index (χ2v) is 5.73. The summed E-state index contributed by atoms with van der Waals surface area (Å²) >= 11 is 1.71. The van der Waals surface area contributed by atoms with Crippen molar-refractivity contribution in [3.8, 4) is 0 Å². The van der Waals surface area contributed by atoms with Gasteiger partial charge in [0.2, 0.25) is 0 Å². The van der Waals surface area contributed by atoms with Crippen LogP contribution in [0.25, 0.3) is 5.65 Å². The van der Waals surface area contributed by atoms with Crippen molar-refractivity contribution in [2.45, 2.75) is 6.04 Å². The van der Waals surface area contributed by atoms with E-state index in [2.05, 4.69) is 55.6 Å². The monoisotopic (exact) mass is 308 g/mol. The van der Waals surface area contributed by atoms with Gasteiger partial charge in [-0.3, -0.25) is 0 Å². The lowest BCUT2D eigenvalue weighted by Gasteiger charge is -2.18. The summed E-state index contributed by atoms with van der Waals surface area (Å²) in [4.78, 5) is 1.23. The van der Waals surface area contributed by atoms with E-state index in [0.29, 0.717) is 5.65 Å². The van der Waals surface area contributed by atoms with E-state index >= 15 is 0 Å². The molecule has 0 amide bonds. The zero-order valence-corrected chi connectivity index (χ0v) is 12.3. The zero-order chi connectivity index (χ0) is 14.8. The van der Waals surface area contributed by atoms with Crippen LogP contribution < -0.4 is 5.32 Å². The molecule has 6 nitrogen and oxygen atoms in total. The molecule has 0 bridgehead atoms. The molecule has 0 saturated heterocycles. The van der Waals surface area contributed by atoms with Gasteiger partial charge in [0.15, 0.2) is 5.65 Å². The maximum Gasteiger partial charge on any atom is 0.200 e. The first-order valence-corrected chi connectivity index (χ1v) is 7.68. The van der Waals surface area contributed by atoms with E-state index in [1.54, 1.807) is 11.3 Å². The Labute approximate surface area is 130 Å². The standard InChI is InChI=1S/C15H12N6S/c1-2-5-11(6-3-1)15(12-7-4-10-22-12)16-13-8-9-14-17-19-20-21(14)18-13/h1-10,15H,(H,16,18). The minimum absolute atomic E-state index is 0.0441. The van der Waals surface area contributed by atoms with E-state index in [9.17, 15) is 0 Å². The molecule has 0 fully saturated rings. The second-order valence-electron chi connectivity index (χ2n) is 4.75. The van der Waals surface area contributed by atoms with Gasteiger partial charge in [0.05, 0.1) is 6.04 Å². The molecule has 1 N–H and O–H groups in total. The topological polar surface area (TPSA) is 68.0 Å². The van der Waals surface area contributed by atoms with Gasteiger partial charge in [0.1, 0.15) is 5.82 Å². The van der Waals surface area contributed by atoms with Gasteiger partial charge in [0, 0.05) is 4.88 Å². The fourth-order valence-electron chi connectivity index (χ4n) is 2.29. The molecule has 0 saturated carbocycles. The van der Waals surface area contributed by atoms with Crippen LogP contribution in [0.1, 0.15) is 16.5 Å². The number of hydrogen-bond donors (Lipinski definition) is 1. The van der Waals surface area contributed by atoms with E-state index in [1.165, 1.54) is 15.1 Å². The molecule has 0 radical (unpaired) electrons. The minimum Gasteiger partial charge on any atom is -0.357 e. The van der Waals surface area contributed by atoms with Crippen LogP contribution >= 0.6 is 11.3 Å². The molecule has 3 aromatic heterocycles. The molecule has 0 aliphatic rings. The van der Waals surface area contributed by atoms with Gasteiger partial charge in [-0.05, 0) is 39.6 Å². The van der Waals surface area contributed by atoms with E-state index in [-0.39, 0.29) is 6.04 Å². The predicted molar refractivity (Wildman–Crippen MR) is 84.8 cm³/mol. The highest BCUT2D eigenvalue weighted by Crippen LogP contribution is 2.29. The average molecular weight is 308 g/mol. The minimum atomic E-state index is 0.0441. The Hall–Kier alpha value is -2.80. The smallest absolute Gasteiger partial charge is 0.200 e. The van der Waals surface area contributed by atoms with Crippen LogP contribution in [0, 0.1) is 0 Å². The van der Waals surface area contributed by atoms with Crippen molar-refractivity contribution < 1.29 is 0 Å². The third-order valence-electron chi connectivity index (χ3n) is 3.32. The first-order valence-electron chi connectivity index (χ1n) is 6.80. The van der Waals surface area contributed by atoms with E-state index in [1.807, 2.05) is 30.3 Å². The molecule has 1 aromatic carbocycles. The molecule has 1 unspecified atom stereocenters. The molecule has 1 atom stereocenters. The van der Waals surface area contributed by atoms with Crippen molar-refractivity contribution in [1.82, 2.24) is 25.3 Å². The molecule has 0 spiro atoms. The molecule has 4 aromatic rings. The van der Waals surface area contributed by atoms with Crippen LogP contribution in [-0.2, 0) is 0 Å². The molecule has 108 valence electrons. The molecule has 3 heterocycles. The van der Waals surface area contributed by atoms with Crippen molar-refractivity contribution >= 4 is 22.8 Å². The number of rotatable bonds is 4. The summed E-state index contributed by atoms with van der Waals surface area (Å²) in [5, 5.41) is 21.2. The normalized spacial score (nSPS) is 12.4. The van der Waals surface area contributed by atoms with Crippen molar-refractivity contribution in [2.24, 2.45) is 0 Å². The number of hydrogen-bond acceptors (Lipinski definition) is 6. The maximum atomic E-state index is 4.38. The summed E-state index contributed by atoms with van der Waals surface area (Å²) in [6.07, 6.45) is 0. The molecule has 7 heteroatoms. The number of fused-ring (bicyclic) bond motifs is 1. The van der Waals surface area contributed by atoms with Gasteiger partial charge in [-0.2, -0.15) is 0 Å². The van der Waals surface area contributed by atoms with Gasteiger partial charge in [0.25, 0.3) is 0 Å². The Morgan fingerprint density at radius 1 is 1.00 bits per heavy atom. The third kappa shape index (κ3) is 2.42. The van der Waals surface area contributed by atoms with Gasteiger partial charge >= 0.3 is 0 Å². The molecule has 22 heavy (non-hydrogen) atoms. The summed E-state index contributed by atoms with van der Waals surface area (Å²) < 4.78 is 1.42. The lowest BCUT2D eigenvalue weighted by molar-refractivity contribution is 0.731. The number of thiophene rings is 1. The Morgan fingerprint density at radius 2 is 1.91 bits per heavy atom. The Balaban J connectivity index is 1.72. The van der Waals surface area contributed by atoms with E-state index in [0.717, 1.165) is 5.82 Å². The highest BCUT2D eigenvalue weighted by molar-refractivity contribution is 7.10. The summed E-state index contributed by atoms with van der Waals surface area (Å²) in [6.45, 7) is 0. The fraction of sp³-hybridized carbons (Fsp3) is 0.0667. The van der Waals surface area contributed by atoms with Crippen LogP contribution in [0.5, 0.6) is 0 Å². The number of nitrogens with one attached hydrogen (secondary N) is 1. The van der Waals surface area contributed by atoms with E-state index in [4.69, 9.17) is 0 Å². The molecule has 4 rings (SSSR count). The van der Waals surface area contributed by atoms with Crippen LogP contribution in [0.4, 0.5) is 5.82 Å². The number of tetrazole rings is 1. The number of nitrogens with zero attached hydrogens (tertiary/aromatic N) is 5. The quantitative estimate of drug-likeness (QED) is 0.628. The zero-order valence-electron chi connectivity index (χ0n) is 11.5. The Morgan fingerprint density at radius 3 is 2.73 bits per heavy atom. The van der Waals surface area contributed by atoms with Crippen molar-refractivity contribution in [3.63, 3.8) is 0 Å². The number of anilines is 1. The first-order chi connectivity index (χ1) is 10.9. The molecular weight excluding hydrogens is 296 g/mol. The Kier molecular flexibility index (Phi) is 3.24.